The summed E-state index contributed by atoms with van der Waals surface area (Å²) in [7, 11) is 0. The average Bonchev–Trinajstić information content (AvgIpc) is 2.74. The fourth-order valence-electron chi connectivity index (χ4n) is 5.12. The van der Waals surface area contributed by atoms with E-state index in [1.807, 2.05) is 47.4 Å². The van der Waals surface area contributed by atoms with Crippen molar-refractivity contribution < 1.29 is 13.9 Å². The van der Waals surface area contributed by atoms with Crippen molar-refractivity contribution in [1.82, 2.24) is 14.7 Å². The first kappa shape index (κ1) is 19.5. The lowest BCUT2D eigenvalue weighted by Gasteiger charge is -2.63. The monoisotopic (exact) mass is 410 g/mol. The zero-order chi connectivity index (χ0) is 20.6. The van der Waals surface area contributed by atoms with Crippen molar-refractivity contribution in [3.8, 4) is 0 Å². The van der Waals surface area contributed by atoms with Crippen LogP contribution in [0.5, 0.6) is 0 Å². The third-order valence-electron chi connectivity index (χ3n) is 6.45. The number of rotatable bonds is 3. The van der Waals surface area contributed by atoms with Crippen LogP contribution in [0.1, 0.15) is 5.56 Å². The summed E-state index contributed by atoms with van der Waals surface area (Å²) < 4.78 is 19.8. The number of anilines is 1. The number of likely N-dealkylation sites (tertiary alicyclic amines) is 1. The van der Waals surface area contributed by atoms with E-state index in [2.05, 4.69) is 15.1 Å². The number of carbonyl (C=O) groups excluding carboxylic acids is 1. The number of morpholine rings is 1. The number of nitrogens with one attached hydrogen (secondary N) is 1. The Hall–Kier alpha value is -2.48. The number of hydrogen-bond acceptors (Lipinski definition) is 4. The topological polar surface area (TPSA) is 48.1 Å². The van der Waals surface area contributed by atoms with Crippen molar-refractivity contribution in [3.05, 3.63) is 66.0 Å². The Morgan fingerprint density at radius 2 is 1.87 bits per heavy atom. The molecule has 0 aliphatic carbocycles. The molecule has 3 aliphatic heterocycles. The number of fused-ring (bicyclic) bond motifs is 2. The van der Waals surface area contributed by atoms with Crippen LogP contribution >= 0.6 is 0 Å². The Balaban J connectivity index is 1.29. The maximum absolute atomic E-state index is 14.1. The number of nitrogens with zero attached hydrogens (tertiary/aromatic N) is 3. The van der Waals surface area contributed by atoms with Crippen molar-refractivity contribution in [2.75, 3.05) is 51.3 Å². The summed E-state index contributed by atoms with van der Waals surface area (Å²) in [5.74, 6) is -0.157. The molecule has 0 unspecified atom stereocenters. The van der Waals surface area contributed by atoms with E-state index in [1.165, 1.54) is 6.07 Å². The SMILES string of the molecule is O=C(Nc1ccccc1)N1C[C@@H]2COCCN2C2(CN(Cc3ccccc3F)C2)C1. The van der Waals surface area contributed by atoms with Gasteiger partial charge in [0.1, 0.15) is 5.82 Å². The maximum Gasteiger partial charge on any atom is 0.321 e. The second-order valence-corrected chi connectivity index (χ2v) is 8.56. The fourth-order valence-corrected chi connectivity index (χ4v) is 5.12. The predicted octanol–water partition coefficient (Wildman–Crippen LogP) is 2.63. The molecule has 3 heterocycles. The number of ether oxygens (including phenoxy) is 1. The van der Waals surface area contributed by atoms with Crippen molar-refractivity contribution >= 4 is 11.7 Å². The number of para-hydroxylation sites is 1. The molecular weight excluding hydrogens is 383 g/mol. The molecule has 0 bridgehead atoms. The highest BCUT2D eigenvalue weighted by atomic mass is 19.1. The van der Waals surface area contributed by atoms with Gasteiger partial charge in [-0.2, -0.15) is 0 Å². The van der Waals surface area contributed by atoms with E-state index < -0.39 is 0 Å². The summed E-state index contributed by atoms with van der Waals surface area (Å²) in [6, 6.07) is 16.6. The van der Waals surface area contributed by atoms with E-state index >= 15 is 0 Å². The third kappa shape index (κ3) is 3.69. The molecule has 1 N–H and O–H groups in total. The predicted molar refractivity (Wildman–Crippen MR) is 113 cm³/mol. The molecule has 2 amide bonds. The Morgan fingerprint density at radius 3 is 2.67 bits per heavy atom. The van der Waals surface area contributed by atoms with E-state index in [1.54, 1.807) is 6.07 Å². The molecule has 158 valence electrons. The number of halogens is 1. The van der Waals surface area contributed by atoms with Crippen LogP contribution in [0.2, 0.25) is 0 Å². The van der Waals surface area contributed by atoms with Crippen molar-refractivity contribution in [1.29, 1.82) is 0 Å². The van der Waals surface area contributed by atoms with Gasteiger partial charge in [-0.1, -0.05) is 36.4 Å². The van der Waals surface area contributed by atoms with E-state index in [9.17, 15) is 9.18 Å². The molecule has 1 spiro atoms. The van der Waals surface area contributed by atoms with E-state index in [4.69, 9.17) is 4.74 Å². The van der Waals surface area contributed by atoms with Crippen LogP contribution in [0, 0.1) is 5.82 Å². The first-order chi connectivity index (χ1) is 14.6. The molecule has 2 aromatic rings. The first-order valence-corrected chi connectivity index (χ1v) is 10.5. The fraction of sp³-hybridized carbons (Fsp3) is 0.435. The molecule has 0 radical (unpaired) electrons. The van der Waals surface area contributed by atoms with Gasteiger partial charge >= 0.3 is 6.03 Å². The zero-order valence-corrected chi connectivity index (χ0v) is 17.0. The zero-order valence-electron chi connectivity index (χ0n) is 17.0. The lowest BCUT2D eigenvalue weighted by molar-refractivity contribution is -0.159. The Kier molecular flexibility index (Phi) is 5.18. The molecule has 2 aromatic carbocycles. The standard InChI is InChI=1S/C23H27FN4O2/c24-21-9-5-4-6-18(21)12-26-15-23(16-26)17-27(13-20-14-30-11-10-28(20)23)22(29)25-19-7-2-1-3-8-19/h1-9,20H,10-17H2,(H,25,29)/t20-/m1/s1. The molecule has 30 heavy (non-hydrogen) atoms. The number of urea groups is 1. The number of amides is 2. The average molecular weight is 410 g/mol. The summed E-state index contributed by atoms with van der Waals surface area (Å²) in [5.41, 5.74) is 1.43. The van der Waals surface area contributed by atoms with Gasteiger partial charge in [0.05, 0.1) is 24.8 Å². The van der Waals surface area contributed by atoms with Gasteiger partial charge in [0.2, 0.25) is 0 Å². The highest BCUT2D eigenvalue weighted by molar-refractivity contribution is 5.89. The van der Waals surface area contributed by atoms with Crippen LogP contribution in [0.15, 0.2) is 54.6 Å². The van der Waals surface area contributed by atoms with Gasteiger partial charge in [-0.05, 0) is 18.2 Å². The van der Waals surface area contributed by atoms with E-state index in [0.717, 1.165) is 37.5 Å². The van der Waals surface area contributed by atoms with Crippen LogP contribution < -0.4 is 5.32 Å². The Morgan fingerprint density at radius 1 is 1.10 bits per heavy atom. The lowest BCUT2D eigenvalue weighted by Crippen LogP contribution is -2.80. The minimum Gasteiger partial charge on any atom is -0.378 e. The third-order valence-corrected chi connectivity index (χ3v) is 6.45. The molecule has 5 rings (SSSR count). The maximum atomic E-state index is 14.1. The summed E-state index contributed by atoms with van der Waals surface area (Å²) in [6.45, 7) is 5.83. The van der Waals surface area contributed by atoms with E-state index in [-0.39, 0.29) is 23.4 Å². The normalized spacial score (nSPS) is 23.6. The number of piperazine rings is 1. The van der Waals surface area contributed by atoms with Crippen LogP contribution in [-0.2, 0) is 11.3 Å². The van der Waals surface area contributed by atoms with Gasteiger partial charge in [-0.3, -0.25) is 9.80 Å². The minimum absolute atomic E-state index is 0.0710. The van der Waals surface area contributed by atoms with Crippen molar-refractivity contribution in [2.45, 2.75) is 18.1 Å². The van der Waals surface area contributed by atoms with Crippen molar-refractivity contribution in [2.24, 2.45) is 0 Å². The van der Waals surface area contributed by atoms with E-state index in [0.29, 0.717) is 26.2 Å². The summed E-state index contributed by atoms with van der Waals surface area (Å²) in [4.78, 5) is 19.7. The highest BCUT2D eigenvalue weighted by Gasteiger charge is 2.54. The van der Waals surface area contributed by atoms with Gasteiger partial charge in [0.25, 0.3) is 0 Å². The van der Waals surface area contributed by atoms with Gasteiger partial charge < -0.3 is 15.0 Å². The molecular formula is C23H27FN4O2. The molecule has 3 fully saturated rings. The lowest BCUT2D eigenvalue weighted by atomic mass is 9.82. The van der Waals surface area contributed by atoms with Crippen LogP contribution in [0.4, 0.5) is 14.9 Å². The minimum atomic E-state index is -0.157. The Labute approximate surface area is 176 Å². The number of benzene rings is 2. The van der Waals surface area contributed by atoms with Crippen LogP contribution in [-0.4, -0.2) is 78.2 Å². The van der Waals surface area contributed by atoms with Crippen LogP contribution in [0.25, 0.3) is 0 Å². The van der Waals surface area contributed by atoms with Crippen LogP contribution in [0.3, 0.4) is 0 Å². The second kappa shape index (κ2) is 7.98. The summed E-state index contributed by atoms with van der Waals surface area (Å²) in [6.07, 6.45) is 0. The molecule has 3 aliphatic rings. The quantitative estimate of drug-likeness (QED) is 0.845. The molecule has 6 nitrogen and oxygen atoms in total. The highest BCUT2D eigenvalue weighted by Crippen LogP contribution is 2.36. The van der Waals surface area contributed by atoms with Gasteiger partial charge in [-0.15, -0.1) is 0 Å². The molecule has 7 heteroatoms. The van der Waals surface area contributed by atoms with Gasteiger partial charge in [-0.25, -0.2) is 9.18 Å². The molecule has 0 aromatic heterocycles. The summed E-state index contributed by atoms with van der Waals surface area (Å²) >= 11 is 0. The summed E-state index contributed by atoms with van der Waals surface area (Å²) in [5, 5.41) is 3.02. The van der Waals surface area contributed by atoms with Gasteiger partial charge in [0.15, 0.2) is 0 Å². The van der Waals surface area contributed by atoms with Crippen molar-refractivity contribution in [3.63, 3.8) is 0 Å². The second-order valence-electron chi connectivity index (χ2n) is 8.56. The smallest absolute Gasteiger partial charge is 0.321 e. The molecule has 1 atom stereocenters. The van der Waals surface area contributed by atoms with Gasteiger partial charge in [0, 0.05) is 50.5 Å². The largest absolute Gasteiger partial charge is 0.378 e. The first-order valence-electron chi connectivity index (χ1n) is 10.5. The molecule has 0 saturated carbocycles. The number of carbonyl (C=O) groups is 1. The molecule has 3 saturated heterocycles. The number of hydrogen-bond donors (Lipinski definition) is 1. The Bertz CT molecular complexity index is 903.